The van der Waals surface area contributed by atoms with Crippen LogP contribution in [0.4, 0.5) is 0 Å². The Kier molecular flexibility index (Phi) is 4.28. The second kappa shape index (κ2) is 7.02. The van der Waals surface area contributed by atoms with Crippen LogP contribution in [0.2, 0.25) is 0 Å². The van der Waals surface area contributed by atoms with Gasteiger partial charge in [0.15, 0.2) is 11.2 Å². The molecule has 31 heavy (non-hydrogen) atoms. The van der Waals surface area contributed by atoms with Crippen LogP contribution in [0, 0.1) is 0 Å². The first-order valence-corrected chi connectivity index (χ1v) is 9.99. The van der Waals surface area contributed by atoms with E-state index in [1.807, 2.05) is 72.3 Å². The van der Waals surface area contributed by atoms with Crippen molar-refractivity contribution in [3.05, 3.63) is 81.6 Å². The van der Waals surface area contributed by atoms with Crippen molar-refractivity contribution in [2.24, 2.45) is 14.1 Å². The topological polar surface area (TPSA) is 75.5 Å². The molecule has 0 amide bonds. The molecule has 156 valence electrons. The molecule has 0 saturated carbocycles. The Balaban J connectivity index is 1.89. The standard InChI is InChI=1S/C23H21N5O3/c1-4-31-17-12-10-16(11-13-17)28-18(15-8-6-5-7-9-15)14-27-19-20(24-22(27)28)25(2)23(30)26(3)21(19)29/h5-14H,4H2,1-3H3. The summed E-state index contributed by atoms with van der Waals surface area (Å²) < 4.78 is 11.8. The number of aromatic nitrogens is 5. The van der Waals surface area contributed by atoms with Gasteiger partial charge in [-0.1, -0.05) is 30.3 Å². The van der Waals surface area contributed by atoms with Gasteiger partial charge < -0.3 is 4.74 Å². The fraction of sp³-hybridized carbons (Fsp3) is 0.174. The summed E-state index contributed by atoms with van der Waals surface area (Å²) in [6, 6.07) is 17.6. The molecule has 5 rings (SSSR count). The largest absolute Gasteiger partial charge is 0.494 e. The lowest BCUT2D eigenvalue weighted by Gasteiger charge is -2.10. The van der Waals surface area contributed by atoms with Gasteiger partial charge in [0.05, 0.1) is 12.3 Å². The first kappa shape index (κ1) is 18.9. The highest BCUT2D eigenvalue weighted by Gasteiger charge is 2.21. The van der Waals surface area contributed by atoms with E-state index in [0.29, 0.717) is 23.5 Å². The van der Waals surface area contributed by atoms with Crippen LogP contribution in [0.3, 0.4) is 0 Å². The minimum Gasteiger partial charge on any atom is -0.494 e. The van der Waals surface area contributed by atoms with Crippen LogP contribution in [0.1, 0.15) is 6.92 Å². The maximum atomic E-state index is 12.9. The normalized spacial score (nSPS) is 11.5. The van der Waals surface area contributed by atoms with Gasteiger partial charge in [0.2, 0.25) is 5.78 Å². The van der Waals surface area contributed by atoms with E-state index >= 15 is 0 Å². The Morgan fingerprint density at radius 3 is 2.32 bits per heavy atom. The number of rotatable bonds is 4. The molecule has 0 saturated heterocycles. The van der Waals surface area contributed by atoms with Crippen molar-refractivity contribution >= 4 is 16.9 Å². The second-order valence-corrected chi connectivity index (χ2v) is 7.30. The van der Waals surface area contributed by atoms with Crippen molar-refractivity contribution in [2.75, 3.05) is 6.61 Å². The van der Waals surface area contributed by atoms with Crippen molar-refractivity contribution < 1.29 is 4.74 Å². The summed E-state index contributed by atoms with van der Waals surface area (Å²) in [5.41, 5.74) is 2.66. The van der Waals surface area contributed by atoms with Gasteiger partial charge in [-0.2, -0.15) is 4.98 Å². The number of hydrogen-bond acceptors (Lipinski definition) is 4. The van der Waals surface area contributed by atoms with Crippen LogP contribution in [0.15, 0.2) is 70.4 Å². The molecule has 0 aliphatic heterocycles. The van der Waals surface area contributed by atoms with Crippen LogP contribution < -0.4 is 16.0 Å². The molecule has 8 nitrogen and oxygen atoms in total. The number of hydrogen-bond donors (Lipinski definition) is 0. The molecule has 0 N–H and O–H groups in total. The fourth-order valence-electron chi connectivity index (χ4n) is 3.90. The Labute approximate surface area is 177 Å². The van der Waals surface area contributed by atoms with Crippen LogP contribution in [0.25, 0.3) is 33.9 Å². The number of benzene rings is 2. The SMILES string of the molecule is CCOc1ccc(-n2c(-c3ccccc3)cn3c4c(=O)n(C)c(=O)n(C)c4nc23)cc1. The average molecular weight is 415 g/mol. The van der Waals surface area contributed by atoms with Gasteiger partial charge in [-0.25, -0.2) is 4.79 Å². The molecular weight excluding hydrogens is 394 g/mol. The average Bonchev–Trinajstić information content (AvgIpc) is 3.34. The summed E-state index contributed by atoms with van der Waals surface area (Å²) in [6.45, 7) is 2.53. The van der Waals surface area contributed by atoms with E-state index in [1.165, 1.54) is 11.6 Å². The number of nitrogens with zero attached hydrogens (tertiary/aromatic N) is 5. The predicted molar refractivity (Wildman–Crippen MR) is 119 cm³/mol. The van der Waals surface area contributed by atoms with Gasteiger partial charge >= 0.3 is 5.69 Å². The molecule has 0 atom stereocenters. The monoisotopic (exact) mass is 415 g/mol. The first-order chi connectivity index (χ1) is 15.0. The zero-order valence-electron chi connectivity index (χ0n) is 17.4. The number of ether oxygens (including phenoxy) is 1. The van der Waals surface area contributed by atoms with Crippen LogP contribution >= 0.6 is 0 Å². The van der Waals surface area contributed by atoms with E-state index in [1.54, 1.807) is 11.4 Å². The number of fused-ring (bicyclic) bond motifs is 3. The minimum absolute atomic E-state index is 0.349. The number of aryl methyl sites for hydroxylation is 1. The summed E-state index contributed by atoms with van der Waals surface area (Å²) in [5, 5.41) is 0. The van der Waals surface area contributed by atoms with Gasteiger partial charge in [0.25, 0.3) is 5.56 Å². The summed E-state index contributed by atoms with van der Waals surface area (Å²) in [4.78, 5) is 30.1. The third-order valence-corrected chi connectivity index (χ3v) is 5.44. The smallest absolute Gasteiger partial charge is 0.332 e. The summed E-state index contributed by atoms with van der Waals surface area (Å²) >= 11 is 0. The molecule has 2 aromatic carbocycles. The summed E-state index contributed by atoms with van der Waals surface area (Å²) in [5.74, 6) is 1.33. The highest BCUT2D eigenvalue weighted by molar-refractivity contribution is 5.79. The maximum absolute atomic E-state index is 12.9. The molecule has 0 aliphatic carbocycles. The van der Waals surface area contributed by atoms with Gasteiger partial charge in [-0.3, -0.25) is 22.9 Å². The lowest BCUT2D eigenvalue weighted by atomic mass is 10.1. The maximum Gasteiger partial charge on any atom is 0.332 e. The third-order valence-electron chi connectivity index (χ3n) is 5.44. The van der Waals surface area contributed by atoms with Gasteiger partial charge in [0, 0.05) is 31.5 Å². The molecule has 8 heteroatoms. The zero-order valence-corrected chi connectivity index (χ0v) is 17.4. The van der Waals surface area contributed by atoms with Gasteiger partial charge in [-0.05, 0) is 31.2 Å². The van der Waals surface area contributed by atoms with E-state index in [-0.39, 0.29) is 5.56 Å². The van der Waals surface area contributed by atoms with Crippen molar-refractivity contribution in [1.29, 1.82) is 0 Å². The summed E-state index contributed by atoms with van der Waals surface area (Å²) in [7, 11) is 3.10. The quantitative estimate of drug-likeness (QED) is 0.452. The van der Waals surface area contributed by atoms with Crippen molar-refractivity contribution in [1.82, 2.24) is 23.1 Å². The van der Waals surface area contributed by atoms with E-state index < -0.39 is 5.69 Å². The zero-order chi connectivity index (χ0) is 21.7. The van der Waals surface area contributed by atoms with Crippen LogP contribution in [-0.4, -0.2) is 29.7 Å². The highest BCUT2D eigenvalue weighted by Crippen LogP contribution is 2.29. The molecule has 0 bridgehead atoms. The molecule has 0 aliphatic rings. The molecule has 3 aromatic heterocycles. The Morgan fingerprint density at radius 1 is 0.935 bits per heavy atom. The fourth-order valence-corrected chi connectivity index (χ4v) is 3.90. The lowest BCUT2D eigenvalue weighted by molar-refractivity contribution is 0.340. The summed E-state index contributed by atoms with van der Waals surface area (Å²) in [6.07, 6.45) is 1.89. The highest BCUT2D eigenvalue weighted by atomic mass is 16.5. The Hall–Kier alpha value is -4.07. The van der Waals surface area contributed by atoms with E-state index in [9.17, 15) is 9.59 Å². The third kappa shape index (κ3) is 2.79. The van der Waals surface area contributed by atoms with Crippen molar-refractivity contribution in [3.8, 4) is 22.7 Å². The first-order valence-electron chi connectivity index (χ1n) is 9.99. The Bertz CT molecular complexity index is 1540. The molecule has 5 aromatic rings. The minimum atomic E-state index is -0.408. The van der Waals surface area contributed by atoms with Gasteiger partial charge in [-0.15, -0.1) is 0 Å². The predicted octanol–water partition coefficient (Wildman–Crippen LogP) is 2.74. The molecule has 3 heterocycles. The molecular formula is C23H21N5O3. The molecule has 0 fully saturated rings. The van der Waals surface area contributed by atoms with Crippen molar-refractivity contribution in [3.63, 3.8) is 0 Å². The van der Waals surface area contributed by atoms with E-state index in [2.05, 4.69) is 0 Å². The lowest BCUT2D eigenvalue weighted by Crippen LogP contribution is -2.37. The second-order valence-electron chi connectivity index (χ2n) is 7.30. The van der Waals surface area contributed by atoms with Crippen LogP contribution in [-0.2, 0) is 14.1 Å². The van der Waals surface area contributed by atoms with Gasteiger partial charge in [0.1, 0.15) is 5.75 Å². The Morgan fingerprint density at radius 2 is 1.65 bits per heavy atom. The van der Waals surface area contributed by atoms with E-state index in [0.717, 1.165) is 27.3 Å². The van der Waals surface area contributed by atoms with Crippen LogP contribution in [0.5, 0.6) is 5.75 Å². The van der Waals surface area contributed by atoms with E-state index in [4.69, 9.17) is 9.72 Å². The molecule has 0 radical (unpaired) electrons. The molecule has 0 spiro atoms. The van der Waals surface area contributed by atoms with Crippen molar-refractivity contribution in [2.45, 2.75) is 6.92 Å². The molecule has 0 unspecified atom stereocenters. The number of imidazole rings is 2.